The van der Waals surface area contributed by atoms with E-state index in [2.05, 4.69) is 25.9 Å². The molecule has 2 N–H and O–H groups in total. The summed E-state index contributed by atoms with van der Waals surface area (Å²) in [5, 5.41) is 3.49. The molecule has 1 fully saturated rings. The zero-order chi connectivity index (χ0) is 16.3. The first kappa shape index (κ1) is 14.2. The van der Waals surface area contributed by atoms with Crippen LogP contribution in [0.2, 0.25) is 0 Å². The van der Waals surface area contributed by atoms with E-state index in [1.165, 1.54) is 0 Å². The predicted molar refractivity (Wildman–Crippen MR) is 97.6 cm³/mol. The Morgan fingerprint density at radius 1 is 1.21 bits per heavy atom. The molecular formula is C18H14BrN3O2. The van der Waals surface area contributed by atoms with Crippen molar-refractivity contribution in [2.45, 2.75) is 12.3 Å². The minimum atomic E-state index is -0.0914. The number of nitrogens with zero attached hydrogens (tertiary/aromatic N) is 1. The van der Waals surface area contributed by atoms with Crippen molar-refractivity contribution in [3.8, 4) is 0 Å². The number of aromatic amines is 2. The molecule has 3 heterocycles. The van der Waals surface area contributed by atoms with Gasteiger partial charge in [0.25, 0.3) is 5.56 Å². The SMILES string of the molecule is O=c1[nH]ccc2c3nc(C4CCOC4)[nH]c3c3ccc(Br)cc3c12. The molecule has 5 rings (SSSR count). The molecule has 0 bridgehead atoms. The number of aromatic nitrogens is 3. The number of imidazole rings is 1. The van der Waals surface area contributed by atoms with Gasteiger partial charge in [0, 0.05) is 34.0 Å². The van der Waals surface area contributed by atoms with Crippen LogP contribution in [0.5, 0.6) is 0 Å². The number of ether oxygens (including phenoxy) is 1. The maximum Gasteiger partial charge on any atom is 0.256 e. The van der Waals surface area contributed by atoms with Crippen LogP contribution in [-0.4, -0.2) is 28.2 Å². The van der Waals surface area contributed by atoms with Gasteiger partial charge >= 0.3 is 0 Å². The molecule has 120 valence electrons. The van der Waals surface area contributed by atoms with Gasteiger partial charge in [-0.3, -0.25) is 4.79 Å². The fraction of sp³-hybridized carbons (Fsp3) is 0.222. The average molecular weight is 384 g/mol. The zero-order valence-corrected chi connectivity index (χ0v) is 14.3. The first-order chi connectivity index (χ1) is 11.7. The van der Waals surface area contributed by atoms with Crippen LogP contribution < -0.4 is 5.56 Å². The maximum atomic E-state index is 12.5. The highest BCUT2D eigenvalue weighted by Crippen LogP contribution is 2.35. The van der Waals surface area contributed by atoms with Gasteiger partial charge in [0.05, 0.1) is 23.0 Å². The Hall–Kier alpha value is -2.18. The van der Waals surface area contributed by atoms with Crippen molar-refractivity contribution in [1.29, 1.82) is 0 Å². The molecule has 1 atom stereocenters. The third-order valence-electron chi connectivity index (χ3n) is 4.77. The molecule has 5 nitrogen and oxygen atoms in total. The van der Waals surface area contributed by atoms with E-state index in [1.54, 1.807) is 6.20 Å². The van der Waals surface area contributed by atoms with Crippen molar-refractivity contribution in [3.63, 3.8) is 0 Å². The zero-order valence-electron chi connectivity index (χ0n) is 12.7. The summed E-state index contributed by atoms with van der Waals surface area (Å²) in [7, 11) is 0. The van der Waals surface area contributed by atoms with Gasteiger partial charge in [-0.05, 0) is 30.0 Å². The summed E-state index contributed by atoms with van der Waals surface area (Å²) in [5.41, 5.74) is 1.75. The molecule has 1 saturated heterocycles. The molecule has 1 aliphatic heterocycles. The summed E-state index contributed by atoms with van der Waals surface area (Å²) in [5.74, 6) is 1.24. The summed E-state index contributed by atoms with van der Waals surface area (Å²) in [4.78, 5) is 23.6. The molecule has 0 saturated carbocycles. The van der Waals surface area contributed by atoms with E-state index in [1.807, 2.05) is 24.3 Å². The van der Waals surface area contributed by atoms with Gasteiger partial charge in [0.1, 0.15) is 5.82 Å². The monoisotopic (exact) mass is 383 g/mol. The Bertz CT molecular complexity index is 1160. The quantitative estimate of drug-likeness (QED) is 0.490. The summed E-state index contributed by atoms with van der Waals surface area (Å²) >= 11 is 3.51. The van der Waals surface area contributed by atoms with Crippen molar-refractivity contribution >= 4 is 48.5 Å². The summed E-state index contributed by atoms with van der Waals surface area (Å²) in [6.07, 6.45) is 2.66. The Kier molecular flexibility index (Phi) is 3.05. The normalized spacial score (nSPS) is 18.1. The lowest BCUT2D eigenvalue weighted by Crippen LogP contribution is -2.05. The standard InChI is InChI=1S/C18H14BrN3O2/c19-10-1-2-11-13(7-10)14-12(3-5-20-18(14)23)16-15(11)21-17(22-16)9-4-6-24-8-9/h1-3,5,7,9H,4,6,8H2,(H,20,23)(H,21,22). The summed E-state index contributed by atoms with van der Waals surface area (Å²) < 4.78 is 6.44. The van der Waals surface area contributed by atoms with Crippen LogP contribution in [0.15, 0.2) is 39.7 Å². The fourth-order valence-corrected chi connectivity index (χ4v) is 3.97. The van der Waals surface area contributed by atoms with Gasteiger partial charge < -0.3 is 14.7 Å². The minimum Gasteiger partial charge on any atom is -0.381 e. The van der Waals surface area contributed by atoms with E-state index in [0.717, 1.165) is 50.5 Å². The van der Waals surface area contributed by atoms with Crippen LogP contribution in [0.3, 0.4) is 0 Å². The molecule has 2 aromatic carbocycles. The molecule has 0 aliphatic carbocycles. The largest absolute Gasteiger partial charge is 0.381 e. The van der Waals surface area contributed by atoms with Crippen molar-refractivity contribution in [2.75, 3.05) is 13.2 Å². The second-order valence-corrected chi connectivity index (χ2v) is 7.11. The highest BCUT2D eigenvalue weighted by Gasteiger charge is 2.23. The Morgan fingerprint density at radius 2 is 2.12 bits per heavy atom. The number of fused-ring (bicyclic) bond motifs is 6. The molecule has 1 aliphatic rings. The van der Waals surface area contributed by atoms with Gasteiger partial charge in [-0.1, -0.05) is 22.0 Å². The third-order valence-corrected chi connectivity index (χ3v) is 5.27. The minimum absolute atomic E-state index is 0.0914. The molecule has 2 aromatic heterocycles. The molecular weight excluding hydrogens is 370 g/mol. The highest BCUT2D eigenvalue weighted by atomic mass is 79.9. The van der Waals surface area contributed by atoms with Crippen LogP contribution in [-0.2, 0) is 4.74 Å². The van der Waals surface area contributed by atoms with Crippen LogP contribution >= 0.6 is 15.9 Å². The van der Waals surface area contributed by atoms with Gasteiger partial charge in [-0.25, -0.2) is 4.98 Å². The lowest BCUT2D eigenvalue weighted by atomic mass is 10.0. The van der Waals surface area contributed by atoms with Gasteiger partial charge in [-0.2, -0.15) is 0 Å². The fourth-order valence-electron chi connectivity index (χ4n) is 3.61. The average Bonchev–Trinajstić information content (AvgIpc) is 3.24. The molecule has 6 heteroatoms. The Balaban J connectivity index is 1.98. The molecule has 24 heavy (non-hydrogen) atoms. The van der Waals surface area contributed by atoms with E-state index in [0.29, 0.717) is 17.9 Å². The van der Waals surface area contributed by atoms with E-state index in [4.69, 9.17) is 9.72 Å². The smallest absolute Gasteiger partial charge is 0.256 e. The van der Waals surface area contributed by atoms with E-state index >= 15 is 0 Å². The summed E-state index contributed by atoms with van der Waals surface area (Å²) in [6, 6.07) is 7.94. The van der Waals surface area contributed by atoms with Crippen molar-refractivity contribution in [2.24, 2.45) is 0 Å². The van der Waals surface area contributed by atoms with Crippen LogP contribution in [0.4, 0.5) is 0 Å². The van der Waals surface area contributed by atoms with Crippen LogP contribution in [0, 0.1) is 0 Å². The third kappa shape index (κ3) is 1.96. The molecule has 4 aromatic rings. The number of benzene rings is 2. The van der Waals surface area contributed by atoms with E-state index < -0.39 is 0 Å². The lowest BCUT2D eigenvalue weighted by molar-refractivity contribution is 0.193. The van der Waals surface area contributed by atoms with E-state index in [9.17, 15) is 4.79 Å². The molecule has 0 radical (unpaired) electrons. The van der Waals surface area contributed by atoms with Gasteiger partial charge in [0.2, 0.25) is 0 Å². The number of pyridine rings is 1. The summed E-state index contributed by atoms with van der Waals surface area (Å²) in [6.45, 7) is 1.47. The van der Waals surface area contributed by atoms with Crippen molar-refractivity contribution in [1.82, 2.24) is 15.0 Å². The van der Waals surface area contributed by atoms with Crippen molar-refractivity contribution < 1.29 is 4.74 Å². The number of H-pyrrole nitrogens is 2. The van der Waals surface area contributed by atoms with Crippen LogP contribution in [0.1, 0.15) is 18.2 Å². The van der Waals surface area contributed by atoms with Crippen LogP contribution in [0.25, 0.3) is 32.6 Å². The maximum absolute atomic E-state index is 12.5. The number of rotatable bonds is 1. The predicted octanol–water partition coefficient (Wildman–Crippen LogP) is 3.82. The second kappa shape index (κ2) is 5.16. The Morgan fingerprint density at radius 3 is 2.96 bits per heavy atom. The molecule has 0 amide bonds. The molecule has 0 spiro atoms. The second-order valence-electron chi connectivity index (χ2n) is 6.19. The number of halogens is 1. The lowest BCUT2D eigenvalue weighted by Gasteiger charge is -2.05. The molecule has 1 unspecified atom stereocenters. The van der Waals surface area contributed by atoms with Crippen molar-refractivity contribution in [3.05, 3.63) is 51.1 Å². The number of nitrogens with one attached hydrogen (secondary N) is 2. The first-order valence-corrected chi connectivity index (χ1v) is 8.71. The van der Waals surface area contributed by atoms with E-state index in [-0.39, 0.29) is 5.56 Å². The highest BCUT2D eigenvalue weighted by molar-refractivity contribution is 9.10. The Labute approximate surface area is 145 Å². The number of hydrogen-bond donors (Lipinski definition) is 2. The van der Waals surface area contributed by atoms with Gasteiger partial charge in [-0.15, -0.1) is 0 Å². The topological polar surface area (TPSA) is 70.8 Å². The van der Waals surface area contributed by atoms with Gasteiger partial charge in [0.15, 0.2) is 0 Å². The first-order valence-electron chi connectivity index (χ1n) is 7.92. The number of hydrogen-bond acceptors (Lipinski definition) is 3.